The summed E-state index contributed by atoms with van der Waals surface area (Å²) in [4.78, 5) is 17.4. The summed E-state index contributed by atoms with van der Waals surface area (Å²) in [6.45, 7) is 3.12. The Morgan fingerprint density at radius 3 is 2.78 bits per heavy atom. The van der Waals surface area contributed by atoms with Crippen LogP contribution in [0.5, 0.6) is 5.75 Å². The van der Waals surface area contributed by atoms with Crippen LogP contribution < -0.4 is 4.74 Å². The first kappa shape index (κ1) is 22.8. The Morgan fingerprint density at radius 2 is 1.97 bits per heavy atom. The number of benzene rings is 3. The number of hydrogen-bond acceptors (Lipinski definition) is 4. The Kier molecular flexibility index (Phi) is 5.76. The second-order valence-electron chi connectivity index (χ2n) is 10.3. The molecule has 36 heavy (non-hydrogen) atoms. The highest BCUT2D eigenvalue weighted by atomic mass is 16.6. The molecule has 1 N–H and O–H groups in total. The highest BCUT2D eigenvalue weighted by Crippen LogP contribution is 2.49. The van der Waals surface area contributed by atoms with Crippen LogP contribution in [0.15, 0.2) is 72.8 Å². The third-order valence-corrected chi connectivity index (χ3v) is 8.47. The minimum atomic E-state index is -0.297. The van der Waals surface area contributed by atoms with E-state index >= 15 is 0 Å². The van der Waals surface area contributed by atoms with Crippen molar-refractivity contribution in [3.8, 4) is 5.75 Å². The fraction of sp³-hybridized carbons (Fsp3) is 0.333. The first-order chi connectivity index (χ1) is 17.6. The first-order valence-electron chi connectivity index (χ1n) is 12.7. The van der Waals surface area contributed by atoms with Crippen molar-refractivity contribution >= 4 is 16.6 Å². The summed E-state index contributed by atoms with van der Waals surface area (Å²) in [6.07, 6.45) is 3.95. The number of piperidine rings is 1. The molecule has 1 aromatic heterocycles. The van der Waals surface area contributed by atoms with Gasteiger partial charge in [0.15, 0.2) is 0 Å². The molecule has 6 rings (SSSR count). The molecule has 1 saturated heterocycles. The van der Waals surface area contributed by atoms with Gasteiger partial charge in [0, 0.05) is 47.2 Å². The second-order valence-corrected chi connectivity index (χ2v) is 10.3. The van der Waals surface area contributed by atoms with Gasteiger partial charge in [-0.3, -0.25) is 10.1 Å². The van der Waals surface area contributed by atoms with E-state index < -0.39 is 0 Å². The Labute approximate surface area is 211 Å². The molecule has 1 aliphatic carbocycles. The van der Waals surface area contributed by atoms with Crippen LogP contribution >= 0.6 is 0 Å². The van der Waals surface area contributed by atoms with E-state index in [2.05, 4.69) is 58.4 Å². The Hall–Kier alpha value is -3.64. The van der Waals surface area contributed by atoms with E-state index in [-0.39, 0.29) is 16.0 Å². The van der Waals surface area contributed by atoms with Gasteiger partial charge in [0.2, 0.25) is 0 Å². The van der Waals surface area contributed by atoms with E-state index in [0.717, 1.165) is 62.0 Å². The van der Waals surface area contributed by atoms with Crippen LogP contribution in [-0.2, 0) is 24.7 Å². The van der Waals surface area contributed by atoms with Crippen LogP contribution in [0.3, 0.4) is 0 Å². The summed E-state index contributed by atoms with van der Waals surface area (Å²) < 4.78 is 5.60. The molecule has 0 spiro atoms. The maximum Gasteiger partial charge on any atom is 0.270 e. The van der Waals surface area contributed by atoms with E-state index in [4.69, 9.17) is 4.74 Å². The van der Waals surface area contributed by atoms with E-state index in [1.165, 1.54) is 22.4 Å². The largest absolute Gasteiger partial charge is 0.497 e. The monoisotopic (exact) mass is 481 g/mol. The summed E-state index contributed by atoms with van der Waals surface area (Å²) in [7, 11) is 1.73. The summed E-state index contributed by atoms with van der Waals surface area (Å²) in [5.74, 6) is 1.31. The molecule has 3 aromatic carbocycles. The fourth-order valence-corrected chi connectivity index (χ4v) is 6.53. The molecule has 2 aliphatic rings. The van der Waals surface area contributed by atoms with Crippen LogP contribution in [0.25, 0.3) is 10.9 Å². The Balaban J connectivity index is 1.37. The average Bonchev–Trinajstić information content (AvgIpc) is 3.27. The quantitative estimate of drug-likeness (QED) is 0.284. The van der Waals surface area contributed by atoms with Crippen LogP contribution in [0.2, 0.25) is 0 Å². The zero-order chi connectivity index (χ0) is 24.7. The molecule has 6 heteroatoms. The van der Waals surface area contributed by atoms with Crippen molar-refractivity contribution in [2.75, 3.05) is 26.7 Å². The number of ether oxygens (including phenoxy) is 1. The molecule has 1 fully saturated rings. The summed E-state index contributed by atoms with van der Waals surface area (Å²) in [5.41, 5.74) is 6.34. The van der Waals surface area contributed by atoms with Gasteiger partial charge in [0.25, 0.3) is 5.69 Å². The van der Waals surface area contributed by atoms with E-state index in [9.17, 15) is 10.1 Å². The zero-order valence-electron chi connectivity index (χ0n) is 20.6. The number of nitro groups is 1. The lowest BCUT2D eigenvalue weighted by molar-refractivity contribution is -0.384. The minimum absolute atomic E-state index is 0.0115. The maximum atomic E-state index is 11.5. The number of fused-ring (bicyclic) bond motifs is 4. The third-order valence-electron chi connectivity index (χ3n) is 8.47. The minimum Gasteiger partial charge on any atom is -0.497 e. The predicted molar refractivity (Wildman–Crippen MR) is 142 cm³/mol. The number of H-pyrrole nitrogens is 1. The number of non-ortho nitro benzene ring substituents is 1. The van der Waals surface area contributed by atoms with Crippen LogP contribution in [0.4, 0.5) is 5.69 Å². The van der Waals surface area contributed by atoms with E-state index in [1.807, 2.05) is 12.1 Å². The Bertz CT molecular complexity index is 1410. The summed E-state index contributed by atoms with van der Waals surface area (Å²) in [6, 6.07) is 24.5. The number of nitrogens with zero attached hydrogens (tertiary/aromatic N) is 2. The number of methoxy groups -OCH3 is 1. The highest BCUT2D eigenvalue weighted by Gasteiger charge is 2.48. The zero-order valence-corrected chi connectivity index (χ0v) is 20.6. The normalized spacial score (nSPS) is 21.6. The van der Waals surface area contributed by atoms with Gasteiger partial charge in [-0.2, -0.15) is 0 Å². The lowest BCUT2D eigenvalue weighted by Gasteiger charge is -2.51. The topological polar surface area (TPSA) is 71.4 Å². The predicted octanol–water partition coefficient (Wildman–Crippen LogP) is 5.69. The lowest BCUT2D eigenvalue weighted by atomic mass is 9.58. The molecule has 2 atom stereocenters. The number of rotatable bonds is 6. The fourth-order valence-electron chi connectivity index (χ4n) is 6.53. The summed E-state index contributed by atoms with van der Waals surface area (Å²) in [5, 5.41) is 12.5. The van der Waals surface area contributed by atoms with E-state index in [1.54, 1.807) is 19.2 Å². The lowest BCUT2D eigenvalue weighted by Crippen LogP contribution is -2.54. The van der Waals surface area contributed by atoms with Crippen LogP contribution in [0.1, 0.15) is 28.8 Å². The molecule has 0 amide bonds. The maximum absolute atomic E-state index is 11.5. The van der Waals surface area contributed by atoms with Crippen molar-refractivity contribution in [2.24, 2.45) is 5.92 Å². The molecule has 4 aromatic rings. The standard InChI is InChI=1S/C30H31N3O3/c1-36-25-9-5-8-22(16-25)30-13-15-32(14-12-21-6-3-2-4-7-21)20-23(30)17-26-27-18-24(33(34)35)10-11-28(27)31-29(26)19-30/h2-11,16,18,23,31H,12-15,17,19-20H2,1H3. The number of likely N-dealkylation sites (tertiary alicyclic amines) is 1. The number of hydrogen-bond donors (Lipinski definition) is 1. The van der Waals surface area contributed by atoms with Gasteiger partial charge in [0.05, 0.1) is 12.0 Å². The molecule has 2 heterocycles. The average molecular weight is 482 g/mol. The van der Waals surface area contributed by atoms with Gasteiger partial charge in [-0.05, 0) is 73.0 Å². The van der Waals surface area contributed by atoms with Crippen molar-refractivity contribution in [3.63, 3.8) is 0 Å². The molecule has 1 aliphatic heterocycles. The van der Waals surface area contributed by atoms with Crippen molar-refractivity contribution in [1.82, 2.24) is 9.88 Å². The first-order valence-corrected chi connectivity index (χ1v) is 12.7. The SMILES string of the molecule is COc1cccc(C23CCN(CCc4ccccc4)CC2Cc2c([nH]c4ccc([N+](=O)[O-])cc24)C3)c1. The number of aromatic nitrogens is 1. The van der Waals surface area contributed by atoms with Gasteiger partial charge in [-0.25, -0.2) is 0 Å². The molecule has 184 valence electrons. The molecule has 0 radical (unpaired) electrons. The van der Waals surface area contributed by atoms with E-state index in [0.29, 0.717) is 5.92 Å². The third kappa shape index (κ3) is 3.95. The second kappa shape index (κ2) is 9.10. The van der Waals surface area contributed by atoms with Crippen molar-refractivity contribution in [1.29, 1.82) is 0 Å². The molecule has 0 bridgehead atoms. The smallest absolute Gasteiger partial charge is 0.270 e. The van der Waals surface area contributed by atoms with Crippen molar-refractivity contribution < 1.29 is 9.66 Å². The van der Waals surface area contributed by atoms with Crippen molar-refractivity contribution in [3.05, 3.63) is 105 Å². The molecule has 6 nitrogen and oxygen atoms in total. The van der Waals surface area contributed by atoms with Crippen LogP contribution in [0, 0.1) is 16.0 Å². The molecule has 2 unspecified atom stereocenters. The number of nitrogens with one attached hydrogen (secondary N) is 1. The molecule has 0 saturated carbocycles. The molecular formula is C30H31N3O3. The van der Waals surface area contributed by atoms with Gasteiger partial charge in [-0.1, -0.05) is 42.5 Å². The Morgan fingerprint density at radius 1 is 1.11 bits per heavy atom. The van der Waals surface area contributed by atoms with Gasteiger partial charge >= 0.3 is 0 Å². The summed E-state index contributed by atoms with van der Waals surface area (Å²) >= 11 is 0. The number of aromatic amines is 1. The van der Waals surface area contributed by atoms with Gasteiger partial charge in [-0.15, -0.1) is 0 Å². The molecular weight excluding hydrogens is 450 g/mol. The van der Waals surface area contributed by atoms with Crippen LogP contribution in [-0.4, -0.2) is 41.6 Å². The van der Waals surface area contributed by atoms with Gasteiger partial charge in [0.1, 0.15) is 5.75 Å². The highest BCUT2D eigenvalue weighted by molar-refractivity contribution is 5.87. The van der Waals surface area contributed by atoms with Gasteiger partial charge < -0.3 is 14.6 Å². The van der Waals surface area contributed by atoms with Crippen molar-refractivity contribution in [2.45, 2.75) is 31.1 Å². The number of nitro benzene ring substituents is 1.